The van der Waals surface area contributed by atoms with E-state index in [2.05, 4.69) is 26.1 Å². The van der Waals surface area contributed by atoms with E-state index in [-0.39, 0.29) is 23.4 Å². The van der Waals surface area contributed by atoms with Gasteiger partial charge in [-0.1, -0.05) is 27.7 Å². The Labute approximate surface area is 115 Å². The molecule has 1 heterocycles. The minimum Gasteiger partial charge on any atom is -0.462 e. The molecular formula is C15H27NO3. The molecule has 2 fully saturated rings. The largest absolute Gasteiger partial charge is 0.462 e. The molecule has 2 unspecified atom stereocenters. The van der Waals surface area contributed by atoms with Gasteiger partial charge in [0.05, 0.1) is 11.5 Å². The van der Waals surface area contributed by atoms with Crippen molar-refractivity contribution < 1.29 is 14.6 Å². The van der Waals surface area contributed by atoms with Gasteiger partial charge in [-0.3, -0.25) is 4.79 Å². The summed E-state index contributed by atoms with van der Waals surface area (Å²) in [5.41, 5.74) is -0.743. The van der Waals surface area contributed by atoms with Crippen LogP contribution in [0.5, 0.6) is 0 Å². The third kappa shape index (κ3) is 3.29. The van der Waals surface area contributed by atoms with E-state index in [9.17, 15) is 9.90 Å². The number of hydrogen-bond donors (Lipinski definition) is 2. The zero-order chi connectivity index (χ0) is 14.3. The van der Waals surface area contributed by atoms with Gasteiger partial charge in [-0.2, -0.15) is 0 Å². The quantitative estimate of drug-likeness (QED) is 0.606. The summed E-state index contributed by atoms with van der Waals surface area (Å²) in [6, 6.07) is 0.308. The molecular weight excluding hydrogens is 242 g/mol. The second kappa shape index (κ2) is 5.06. The molecule has 19 heavy (non-hydrogen) atoms. The summed E-state index contributed by atoms with van der Waals surface area (Å²) in [6.45, 7) is 9.05. The lowest BCUT2D eigenvalue weighted by molar-refractivity contribution is -0.162. The monoisotopic (exact) mass is 269 g/mol. The standard InChI is InChI=1S/C15H27NO3/c1-10(12-9-16-12)13(17)19-11-5-7-15(18,8-6-11)14(2,3)4/h10-12,16,18H,5-9H2,1-4H3. The van der Waals surface area contributed by atoms with Gasteiger partial charge in [0.25, 0.3) is 0 Å². The summed E-state index contributed by atoms with van der Waals surface area (Å²) in [7, 11) is 0. The molecule has 0 amide bonds. The number of ether oxygens (including phenoxy) is 1. The van der Waals surface area contributed by atoms with E-state index in [1.54, 1.807) is 0 Å². The second-order valence-corrected chi connectivity index (χ2v) is 7.22. The fraction of sp³-hybridized carbons (Fsp3) is 0.933. The van der Waals surface area contributed by atoms with Gasteiger partial charge in [0.2, 0.25) is 0 Å². The van der Waals surface area contributed by atoms with Crippen molar-refractivity contribution in [1.82, 2.24) is 5.32 Å². The smallest absolute Gasteiger partial charge is 0.310 e. The average Bonchev–Trinajstić information content (AvgIpc) is 3.14. The molecule has 4 nitrogen and oxygen atoms in total. The lowest BCUT2D eigenvalue weighted by Gasteiger charge is -2.44. The van der Waals surface area contributed by atoms with Crippen LogP contribution in [0, 0.1) is 11.3 Å². The molecule has 0 aromatic heterocycles. The van der Waals surface area contributed by atoms with Gasteiger partial charge in [0, 0.05) is 12.6 Å². The van der Waals surface area contributed by atoms with Gasteiger partial charge in [0.15, 0.2) is 0 Å². The first-order valence-corrected chi connectivity index (χ1v) is 7.39. The molecule has 1 aliphatic heterocycles. The van der Waals surface area contributed by atoms with Gasteiger partial charge in [-0.15, -0.1) is 0 Å². The van der Waals surface area contributed by atoms with Crippen LogP contribution in [0.2, 0.25) is 0 Å². The Morgan fingerprint density at radius 3 is 2.32 bits per heavy atom. The Hall–Kier alpha value is -0.610. The summed E-state index contributed by atoms with van der Waals surface area (Å²) in [4.78, 5) is 11.9. The molecule has 2 rings (SSSR count). The number of aliphatic hydroxyl groups is 1. The number of rotatable bonds is 3. The summed E-state index contributed by atoms with van der Waals surface area (Å²) < 4.78 is 5.57. The third-order valence-electron chi connectivity index (χ3n) is 4.85. The summed E-state index contributed by atoms with van der Waals surface area (Å²) in [5, 5.41) is 13.8. The Bertz CT molecular complexity index is 336. The third-order valence-corrected chi connectivity index (χ3v) is 4.85. The molecule has 2 N–H and O–H groups in total. The molecule has 1 aliphatic carbocycles. The van der Waals surface area contributed by atoms with Crippen molar-refractivity contribution in [2.24, 2.45) is 11.3 Å². The molecule has 1 saturated heterocycles. The van der Waals surface area contributed by atoms with Gasteiger partial charge in [0.1, 0.15) is 6.10 Å². The van der Waals surface area contributed by atoms with Crippen LogP contribution in [0.15, 0.2) is 0 Å². The van der Waals surface area contributed by atoms with Crippen LogP contribution in [0.3, 0.4) is 0 Å². The predicted octanol–water partition coefficient (Wildman–Crippen LogP) is 1.86. The van der Waals surface area contributed by atoms with Crippen LogP contribution in [0.4, 0.5) is 0 Å². The van der Waals surface area contributed by atoms with E-state index in [1.807, 2.05) is 6.92 Å². The molecule has 2 atom stereocenters. The molecule has 0 aromatic rings. The molecule has 2 aliphatic rings. The average molecular weight is 269 g/mol. The maximum Gasteiger partial charge on any atom is 0.310 e. The van der Waals surface area contributed by atoms with E-state index < -0.39 is 5.60 Å². The molecule has 4 heteroatoms. The number of esters is 1. The van der Waals surface area contributed by atoms with Crippen LogP contribution in [0.1, 0.15) is 53.4 Å². The molecule has 0 bridgehead atoms. The van der Waals surface area contributed by atoms with Crippen molar-refractivity contribution in [3.63, 3.8) is 0 Å². The molecule has 0 radical (unpaired) electrons. The summed E-state index contributed by atoms with van der Waals surface area (Å²) in [6.07, 6.45) is 2.94. The highest BCUT2D eigenvalue weighted by atomic mass is 16.5. The molecule has 1 saturated carbocycles. The van der Waals surface area contributed by atoms with Crippen LogP contribution < -0.4 is 5.32 Å². The first-order valence-electron chi connectivity index (χ1n) is 7.39. The van der Waals surface area contributed by atoms with Gasteiger partial charge < -0.3 is 15.2 Å². The zero-order valence-corrected chi connectivity index (χ0v) is 12.5. The topological polar surface area (TPSA) is 68.5 Å². The summed E-state index contributed by atoms with van der Waals surface area (Å²) in [5.74, 6) is -0.148. The molecule has 0 aromatic carbocycles. The van der Waals surface area contributed by atoms with Gasteiger partial charge in [-0.05, 0) is 31.1 Å². The minimum atomic E-state index is -0.625. The van der Waals surface area contributed by atoms with Crippen molar-refractivity contribution in [1.29, 1.82) is 0 Å². The van der Waals surface area contributed by atoms with Crippen LogP contribution >= 0.6 is 0 Å². The Morgan fingerprint density at radius 2 is 1.89 bits per heavy atom. The fourth-order valence-electron chi connectivity index (χ4n) is 2.79. The first-order chi connectivity index (χ1) is 8.73. The number of hydrogen-bond acceptors (Lipinski definition) is 4. The van der Waals surface area contributed by atoms with Crippen molar-refractivity contribution in [2.75, 3.05) is 6.54 Å². The number of nitrogens with one attached hydrogen (secondary N) is 1. The zero-order valence-electron chi connectivity index (χ0n) is 12.5. The Kier molecular flexibility index (Phi) is 3.94. The van der Waals surface area contributed by atoms with Crippen molar-refractivity contribution in [3.8, 4) is 0 Å². The first kappa shape index (κ1) is 14.8. The van der Waals surface area contributed by atoms with E-state index in [4.69, 9.17) is 4.74 Å². The van der Waals surface area contributed by atoms with Gasteiger partial charge >= 0.3 is 5.97 Å². The second-order valence-electron chi connectivity index (χ2n) is 7.22. The maximum atomic E-state index is 11.9. The Morgan fingerprint density at radius 1 is 1.37 bits per heavy atom. The normalized spacial score (nSPS) is 36.7. The van der Waals surface area contributed by atoms with Crippen LogP contribution in [-0.2, 0) is 9.53 Å². The lowest BCUT2D eigenvalue weighted by atomic mass is 9.68. The number of carbonyl (C=O) groups is 1. The van der Waals surface area contributed by atoms with Crippen molar-refractivity contribution >= 4 is 5.97 Å². The summed E-state index contributed by atoms with van der Waals surface area (Å²) >= 11 is 0. The van der Waals surface area contributed by atoms with Crippen molar-refractivity contribution in [2.45, 2.75) is 71.1 Å². The van der Waals surface area contributed by atoms with Crippen LogP contribution in [0.25, 0.3) is 0 Å². The van der Waals surface area contributed by atoms with Gasteiger partial charge in [-0.25, -0.2) is 0 Å². The van der Waals surface area contributed by atoms with E-state index in [1.165, 1.54) is 0 Å². The van der Waals surface area contributed by atoms with Crippen LogP contribution in [-0.4, -0.2) is 35.4 Å². The van der Waals surface area contributed by atoms with Crippen molar-refractivity contribution in [3.05, 3.63) is 0 Å². The SMILES string of the molecule is CC(C(=O)OC1CCC(O)(C(C)(C)C)CC1)C1CN1. The van der Waals surface area contributed by atoms with E-state index in [0.29, 0.717) is 18.9 Å². The van der Waals surface area contributed by atoms with E-state index >= 15 is 0 Å². The highest BCUT2D eigenvalue weighted by Gasteiger charge is 2.44. The highest BCUT2D eigenvalue weighted by Crippen LogP contribution is 2.42. The Balaban J connectivity index is 1.81. The lowest BCUT2D eigenvalue weighted by Crippen LogP contribution is -2.47. The molecule has 110 valence electrons. The fourth-order valence-corrected chi connectivity index (χ4v) is 2.79. The highest BCUT2D eigenvalue weighted by molar-refractivity contribution is 5.73. The minimum absolute atomic E-state index is 0.0173. The predicted molar refractivity (Wildman–Crippen MR) is 73.7 cm³/mol. The maximum absolute atomic E-state index is 11.9. The molecule has 0 spiro atoms. The van der Waals surface area contributed by atoms with E-state index in [0.717, 1.165) is 19.4 Å². The number of carbonyl (C=O) groups excluding carboxylic acids is 1.